The Morgan fingerprint density at radius 3 is 2.71 bits per heavy atom. The van der Waals surface area contributed by atoms with Gasteiger partial charge in [-0.25, -0.2) is 13.6 Å². The van der Waals surface area contributed by atoms with E-state index in [-0.39, 0.29) is 17.7 Å². The summed E-state index contributed by atoms with van der Waals surface area (Å²) in [6, 6.07) is 3.69. The maximum atomic E-state index is 13.2. The van der Waals surface area contributed by atoms with Crippen molar-refractivity contribution in [2.45, 2.75) is 0 Å². The van der Waals surface area contributed by atoms with Gasteiger partial charge in [0.1, 0.15) is 6.61 Å². The highest BCUT2D eigenvalue weighted by Crippen LogP contribution is 2.24. The van der Waals surface area contributed by atoms with Crippen LogP contribution in [0.25, 0.3) is 5.57 Å². The summed E-state index contributed by atoms with van der Waals surface area (Å²) in [5, 5.41) is 0. The first kappa shape index (κ1) is 8.87. The third-order valence-electron chi connectivity index (χ3n) is 1.96. The Morgan fingerprint density at radius 1 is 1.29 bits per heavy atom. The Morgan fingerprint density at radius 2 is 2.07 bits per heavy atom. The number of halogens is 2. The minimum atomic E-state index is -1.02. The van der Waals surface area contributed by atoms with Crippen LogP contribution in [0.2, 0.25) is 0 Å². The summed E-state index contributed by atoms with van der Waals surface area (Å²) in [5.74, 6) is -2.60. The van der Waals surface area contributed by atoms with E-state index < -0.39 is 17.6 Å². The maximum Gasteiger partial charge on any atom is 0.338 e. The van der Waals surface area contributed by atoms with Crippen LogP contribution in [0.5, 0.6) is 0 Å². The van der Waals surface area contributed by atoms with Crippen LogP contribution in [0, 0.1) is 11.6 Å². The van der Waals surface area contributed by atoms with Crippen LogP contribution in [0.1, 0.15) is 5.56 Å². The van der Waals surface area contributed by atoms with E-state index in [1.165, 1.54) is 18.2 Å². The van der Waals surface area contributed by atoms with Gasteiger partial charge in [0.15, 0.2) is 11.6 Å². The summed E-state index contributed by atoms with van der Waals surface area (Å²) in [5.41, 5.74) is 0.0366. The fourth-order valence-electron chi connectivity index (χ4n) is 1.29. The van der Waals surface area contributed by atoms with Gasteiger partial charge in [-0.2, -0.15) is 0 Å². The van der Waals surface area contributed by atoms with Crippen molar-refractivity contribution >= 4 is 11.5 Å². The zero-order chi connectivity index (χ0) is 10.1. The molecule has 0 amide bonds. The third kappa shape index (κ3) is 1.28. The highest BCUT2D eigenvalue weighted by Gasteiger charge is 2.22. The standard InChI is InChI=1S/C10H6F2O2/c11-8-3-1-2-6(9(8)12)7-4-5-14-10(7)13/h1-4H,5H2. The van der Waals surface area contributed by atoms with Crippen molar-refractivity contribution in [1.29, 1.82) is 0 Å². The number of rotatable bonds is 1. The summed E-state index contributed by atoms with van der Waals surface area (Å²) >= 11 is 0. The molecule has 2 nitrogen and oxygen atoms in total. The van der Waals surface area contributed by atoms with Crippen LogP contribution in [0.4, 0.5) is 8.78 Å². The Bertz CT molecular complexity index is 424. The largest absolute Gasteiger partial charge is 0.458 e. The molecule has 0 bridgehead atoms. The van der Waals surface area contributed by atoms with Crippen LogP contribution in [0.15, 0.2) is 24.3 Å². The lowest BCUT2D eigenvalue weighted by Crippen LogP contribution is -2.01. The molecule has 0 aliphatic carbocycles. The first-order valence-electron chi connectivity index (χ1n) is 4.02. The number of ether oxygens (including phenoxy) is 1. The van der Waals surface area contributed by atoms with Crippen LogP contribution >= 0.6 is 0 Å². The van der Waals surface area contributed by atoms with Gasteiger partial charge in [-0.05, 0) is 12.1 Å². The molecule has 1 aliphatic heterocycles. The number of hydrogen-bond donors (Lipinski definition) is 0. The van der Waals surface area contributed by atoms with Crippen molar-refractivity contribution in [2.24, 2.45) is 0 Å². The molecule has 1 aromatic carbocycles. The van der Waals surface area contributed by atoms with E-state index in [0.29, 0.717) is 0 Å². The minimum Gasteiger partial charge on any atom is -0.458 e. The van der Waals surface area contributed by atoms with Gasteiger partial charge in [0.2, 0.25) is 0 Å². The molecule has 0 saturated carbocycles. The molecule has 1 heterocycles. The lowest BCUT2D eigenvalue weighted by molar-refractivity contribution is -0.133. The lowest BCUT2D eigenvalue weighted by Gasteiger charge is -2.01. The molecule has 0 saturated heterocycles. The molecule has 0 fully saturated rings. The first-order chi connectivity index (χ1) is 6.70. The molecule has 0 aromatic heterocycles. The quantitative estimate of drug-likeness (QED) is 0.641. The maximum absolute atomic E-state index is 13.2. The fourth-order valence-corrected chi connectivity index (χ4v) is 1.29. The van der Waals surface area contributed by atoms with Crippen molar-refractivity contribution < 1.29 is 18.3 Å². The Labute approximate surface area is 78.8 Å². The molecule has 0 radical (unpaired) electrons. The van der Waals surface area contributed by atoms with Crippen molar-refractivity contribution in [2.75, 3.05) is 6.61 Å². The van der Waals surface area contributed by atoms with Gasteiger partial charge in [0, 0.05) is 5.56 Å². The van der Waals surface area contributed by atoms with Crippen LogP contribution in [0.3, 0.4) is 0 Å². The molecule has 1 aromatic rings. The summed E-state index contributed by atoms with van der Waals surface area (Å²) in [6.07, 6.45) is 1.43. The van der Waals surface area contributed by atoms with E-state index in [9.17, 15) is 13.6 Å². The Kier molecular flexibility index (Phi) is 2.04. The average molecular weight is 196 g/mol. The van der Waals surface area contributed by atoms with Gasteiger partial charge < -0.3 is 4.74 Å². The van der Waals surface area contributed by atoms with E-state index in [1.54, 1.807) is 0 Å². The lowest BCUT2D eigenvalue weighted by atomic mass is 10.1. The van der Waals surface area contributed by atoms with E-state index in [4.69, 9.17) is 0 Å². The average Bonchev–Trinajstić information content (AvgIpc) is 2.57. The van der Waals surface area contributed by atoms with Gasteiger partial charge in [-0.15, -0.1) is 0 Å². The van der Waals surface area contributed by atoms with Crippen LogP contribution < -0.4 is 0 Å². The van der Waals surface area contributed by atoms with E-state index in [0.717, 1.165) is 6.07 Å². The van der Waals surface area contributed by atoms with Crippen LogP contribution in [-0.4, -0.2) is 12.6 Å². The summed E-state index contributed by atoms with van der Waals surface area (Å²) in [6.45, 7) is 0.115. The Hall–Kier alpha value is -1.71. The van der Waals surface area contributed by atoms with E-state index in [2.05, 4.69) is 4.74 Å². The minimum absolute atomic E-state index is 0.0486. The molecule has 4 heteroatoms. The van der Waals surface area contributed by atoms with Gasteiger partial charge in [0.05, 0.1) is 5.57 Å². The predicted octanol–water partition coefficient (Wildman–Crippen LogP) is 1.91. The number of carbonyl (C=O) groups excluding carboxylic acids is 1. The number of esters is 1. The SMILES string of the molecule is O=C1OCC=C1c1cccc(F)c1F. The molecule has 0 unspecified atom stereocenters. The van der Waals surface area contributed by atoms with Crippen LogP contribution in [-0.2, 0) is 9.53 Å². The highest BCUT2D eigenvalue weighted by atomic mass is 19.2. The highest BCUT2D eigenvalue weighted by molar-refractivity contribution is 6.18. The second-order valence-corrected chi connectivity index (χ2v) is 2.82. The zero-order valence-corrected chi connectivity index (χ0v) is 7.09. The molecule has 72 valence electrons. The van der Waals surface area contributed by atoms with Crippen molar-refractivity contribution in [3.8, 4) is 0 Å². The van der Waals surface area contributed by atoms with Crippen molar-refractivity contribution in [3.05, 3.63) is 41.5 Å². The third-order valence-corrected chi connectivity index (χ3v) is 1.96. The molecule has 0 N–H and O–H groups in total. The summed E-state index contributed by atoms with van der Waals surface area (Å²) < 4.78 is 30.6. The summed E-state index contributed by atoms with van der Waals surface area (Å²) in [7, 11) is 0. The molecule has 0 atom stereocenters. The summed E-state index contributed by atoms with van der Waals surface area (Å²) in [4.78, 5) is 11.1. The Balaban J connectivity index is 2.51. The predicted molar refractivity (Wildman–Crippen MR) is 45.3 cm³/mol. The van der Waals surface area contributed by atoms with Gasteiger partial charge in [-0.3, -0.25) is 0 Å². The van der Waals surface area contributed by atoms with Crippen molar-refractivity contribution in [1.82, 2.24) is 0 Å². The number of carbonyl (C=O) groups is 1. The molecule has 0 spiro atoms. The smallest absolute Gasteiger partial charge is 0.338 e. The van der Waals surface area contributed by atoms with E-state index in [1.807, 2.05) is 0 Å². The normalized spacial score (nSPS) is 15.3. The molecule has 2 rings (SSSR count). The topological polar surface area (TPSA) is 26.3 Å². The number of hydrogen-bond acceptors (Lipinski definition) is 2. The van der Waals surface area contributed by atoms with E-state index >= 15 is 0 Å². The monoisotopic (exact) mass is 196 g/mol. The number of cyclic esters (lactones) is 1. The number of benzene rings is 1. The van der Waals surface area contributed by atoms with Gasteiger partial charge in [-0.1, -0.05) is 12.1 Å². The zero-order valence-electron chi connectivity index (χ0n) is 7.09. The van der Waals surface area contributed by atoms with Gasteiger partial charge >= 0.3 is 5.97 Å². The molecule has 1 aliphatic rings. The first-order valence-corrected chi connectivity index (χ1v) is 4.02. The second kappa shape index (κ2) is 3.21. The second-order valence-electron chi connectivity index (χ2n) is 2.82. The van der Waals surface area contributed by atoms with Gasteiger partial charge in [0.25, 0.3) is 0 Å². The fraction of sp³-hybridized carbons (Fsp3) is 0.100. The molecular formula is C10H6F2O2. The van der Waals surface area contributed by atoms with Crippen molar-refractivity contribution in [3.63, 3.8) is 0 Å². The molecule has 14 heavy (non-hydrogen) atoms. The molecular weight excluding hydrogens is 190 g/mol.